The minimum Gasteiger partial charge on any atom is -0.481 e. The van der Waals surface area contributed by atoms with Crippen LogP contribution in [0, 0.1) is 6.92 Å². The molecule has 0 aliphatic carbocycles. The van der Waals surface area contributed by atoms with E-state index >= 15 is 0 Å². The van der Waals surface area contributed by atoms with Gasteiger partial charge < -0.3 is 8.92 Å². The second kappa shape index (κ2) is 7.71. The van der Waals surface area contributed by atoms with Crippen molar-refractivity contribution in [1.82, 2.24) is 8.96 Å². The zero-order valence-corrected chi connectivity index (χ0v) is 18.2. The highest BCUT2D eigenvalue weighted by molar-refractivity contribution is 7.90. The summed E-state index contributed by atoms with van der Waals surface area (Å²) >= 11 is 0. The van der Waals surface area contributed by atoms with Crippen LogP contribution in [0.4, 0.5) is 0 Å². The lowest BCUT2D eigenvalue weighted by atomic mass is 10.2. The Morgan fingerprint density at radius 1 is 0.839 bits per heavy atom. The Labute approximate surface area is 179 Å². The SMILES string of the molecule is COc1ccc2cc(OS(=O)(=O)c3ccc(C)cc3)n(S(=O)(=O)c3ccccc3)c2n1. The van der Waals surface area contributed by atoms with Crippen LogP contribution in [0.1, 0.15) is 5.56 Å². The molecule has 0 aliphatic heterocycles. The summed E-state index contributed by atoms with van der Waals surface area (Å²) in [6.45, 7) is 1.82. The number of ether oxygens (including phenoxy) is 1. The summed E-state index contributed by atoms with van der Waals surface area (Å²) in [5, 5.41) is 0.370. The number of hydrogen-bond donors (Lipinski definition) is 0. The maximum Gasteiger partial charge on any atom is 0.340 e. The number of nitrogens with zero attached hydrogens (tertiary/aromatic N) is 2. The highest BCUT2D eigenvalue weighted by Gasteiger charge is 2.28. The molecule has 0 radical (unpaired) electrons. The predicted molar refractivity (Wildman–Crippen MR) is 114 cm³/mol. The van der Waals surface area contributed by atoms with Crippen LogP contribution < -0.4 is 8.92 Å². The van der Waals surface area contributed by atoms with E-state index in [4.69, 9.17) is 8.92 Å². The van der Waals surface area contributed by atoms with Crippen molar-refractivity contribution in [2.45, 2.75) is 16.7 Å². The van der Waals surface area contributed by atoms with Crippen LogP contribution in [0.3, 0.4) is 0 Å². The molecule has 4 rings (SSSR count). The third-order valence-corrected chi connectivity index (χ3v) is 7.49. The van der Waals surface area contributed by atoms with Gasteiger partial charge in [0.2, 0.25) is 11.8 Å². The lowest BCUT2D eigenvalue weighted by molar-refractivity contribution is 0.399. The van der Waals surface area contributed by atoms with Crippen molar-refractivity contribution in [3.05, 3.63) is 78.4 Å². The van der Waals surface area contributed by atoms with Crippen molar-refractivity contribution in [3.8, 4) is 11.8 Å². The number of methoxy groups -OCH3 is 1. The second-order valence-corrected chi connectivity index (χ2v) is 10.0. The third kappa shape index (κ3) is 3.87. The maximum atomic E-state index is 13.4. The van der Waals surface area contributed by atoms with Crippen molar-refractivity contribution in [3.63, 3.8) is 0 Å². The monoisotopic (exact) mass is 458 g/mol. The van der Waals surface area contributed by atoms with Crippen LogP contribution in [-0.4, -0.2) is 32.9 Å². The quantitative estimate of drug-likeness (QED) is 0.408. The standard InChI is InChI=1S/C21H18N2O6S2/c1-15-8-11-18(12-9-15)31(26,27)29-20-14-16-10-13-19(28-2)22-21(16)23(20)30(24,25)17-6-4-3-5-7-17/h3-14H,1-2H3. The zero-order valence-electron chi connectivity index (χ0n) is 16.6. The van der Waals surface area contributed by atoms with Gasteiger partial charge in [0.05, 0.1) is 12.0 Å². The van der Waals surface area contributed by atoms with Crippen LogP contribution in [0.25, 0.3) is 11.0 Å². The first-order valence-electron chi connectivity index (χ1n) is 9.11. The molecule has 0 atom stereocenters. The molecule has 160 valence electrons. The molecule has 4 aromatic rings. The Balaban J connectivity index is 1.93. The number of hydrogen-bond acceptors (Lipinski definition) is 7. The molecule has 2 aromatic carbocycles. The molecule has 0 fully saturated rings. The minimum absolute atomic E-state index is 0.0164. The molecule has 31 heavy (non-hydrogen) atoms. The molecule has 2 heterocycles. The van der Waals surface area contributed by atoms with E-state index in [-0.39, 0.29) is 21.3 Å². The van der Waals surface area contributed by atoms with E-state index < -0.39 is 26.0 Å². The lowest BCUT2D eigenvalue weighted by Gasteiger charge is -2.12. The van der Waals surface area contributed by atoms with Gasteiger partial charge in [0, 0.05) is 17.5 Å². The summed E-state index contributed by atoms with van der Waals surface area (Å²) in [5.41, 5.74) is 0.855. The van der Waals surface area contributed by atoms with Gasteiger partial charge in [-0.15, -0.1) is 0 Å². The van der Waals surface area contributed by atoms with E-state index in [1.807, 2.05) is 6.92 Å². The fourth-order valence-electron chi connectivity index (χ4n) is 2.98. The fourth-order valence-corrected chi connectivity index (χ4v) is 5.35. The smallest absolute Gasteiger partial charge is 0.340 e. The summed E-state index contributed by atoms with van der Waals surface area (Å²) in [6, 6.07) is 18.1. The van der Waals surface area contributed by atoms with Gasteiger partial charge in [-0.1, -0.05) is 35.9 Å². The molecule has 0 aliphatic rings. The molecule has 0 spiro atoms. The van der Waals surface area contributed by atoms with Gasteiger partial charge in [-0.05, 0) is 37.3 Å². The first kappa shape index (κ1) is 20.9. The molecule has 2 aromatic heterocycles. The normalized spacial score (nSPS) is 12.1. The summed E-state index contributed by atoms with van der Waals surface area (Å²) < 4.78 is 63.7. The second-order valence-electron chi connectivity index (χ2n) is 6.68. The summed E-state index contributed by atoms with van der Waals surface area (Å²) in [6.07, 6.45) is 0. The molecular weight excluding hydrogens is 440 g/mol. The number of benzene rings is 2. The van der Waals surface area contributed by atoms with Crippen LogP contribution in [0.15, 0.2) is 82.6 Å². The number of pyridine rings is 1. The van der Waals surface area contributed by atoms with Gasteiger partial charge in [0.25, 0.3) is 10.0 Å². The summed E-state index contributed by atoms with van der Waals surface area (Å²) in [7, 11) is -7.14. The molecule has 0 unspecified atom stereocenters. The average Bonchev–Trinajstić information content (AvgIpc) is 3.11. The van der Waals surface area contributed by atoms with Crippen LogP contribution in [-0.2, 0) is 20.1 Å². The highest BCUT2D eigenvalue weighted by atomic mass is 32.2. The Morgan fingerprint density at radius 2 is 1.52 bits per heavy atom. The van der Waals surface area contributed by atoms with Gasteiger partial charge >= 0.3 is 10.1 Å². The van der Waals surface area contributed by atoms with Crippen molar-refractivity contribution in [1.29, 1.82) is 0 Å². The average molecular weight is 459 g/mol. The summed E-state index contributed by atoms with van der Waals surface area (Å²) in [5.74, 6) is -0.233. The van der Waals surface area contributed by atoms with Crippen molar-refractivity contribution < 1.29 is 25.8 Å². The van der Waals surface area contributed by atoms with Crippen molar-refractivity contribution >= 4 is 31.2 Å². The Kier molecular flexibility index (Phi) is 5.19. The largest absolute Gasteiger partial charge is 0.481 e. The number of aryl methyl sites for hydroxylation is 1. The first-order chi connectivity index (χ1) is 14.7. The topological polar surface area (TPSA) is 105 Å². The van der Waals surface area contributed by atoms with Crippen LogP contribution >= 0.6 is 0 Å². The van der Waals surface area contributed by atoms with Gasteiger partial charge in [-0.2, -0.15) is 17.4 Å². The Hall–Kier alpha value is -3.37. The van der Waals surface area contributed by atoms with Crippen LogP contribution in [0.2, 0.25) is 0 Å². The molecule has 0 amide bonds. The third-order valence-electron chi connectivity index (χ3n) is 4.55. The summed E-state index contributed by atoms with van der Waals surface area (Å²) in [4.78, 5) is 4.06. The van der Waals surface area contributed by atoms with Gasteiger partial charge in [-0.25, -0.2) is 8.42 Å². The van der Waals surface area contributed by atoms with E-state index in [1.165, 1.54) is 37.4 Å². The molecular formula is C21H18N2O6S2. The highest BCUT2D eigenvalue weighted by Crippen LogP contribution is 2.32. The van der Waals surface area contributed by atoms with Gasteiger partial charge in [-0.3, -0.25) is 0 Å². The number of fused-ring (bicyclic) bond motifs is 1. The van der Waals surface area contributed by atoms with E-state index in [2.05, 4.69) is 4.98 Å². The molecule has 0 saturated heterocycles. The van der Waals surface area contributed by atoms with Gasteiger partial charge in [0.15, 0.2) is 5.65 Å². The zero-order chi connectivity index (χ0) is 22.2. The van der Waals surface area contributed by atoms with Crippen molar-refractivity contribution in [2.75, 3.05) is 7.11 Å². The maximum absolute atomic E-state index is 13.4. The Bertz CT molecular complexity index is 1460. The van der Waals surface area contributed by atoms with E-state index in [9.17, 15) is 16.8 Å². The van der Waals surface area contributed by atoms with E-state index in [0.29, 0.717) is 5.39 Å². The number of aromatic nitrogens is 2. The Morgan fingerprint density at radius 3 is 2.16 bits per heavy atom. The van der Waals surface area contributed by atoms with Crippen LogP contribution in [0.5, 0.6) is 11.8 Å². The fraction of sp³-hybridized carbons (Fsp3) is 0.0952. The lowest BCUT2D eigenvalue weighted by Crippen LogP contribution is -2.18. The minimum atomic E-state index is -4.30. The van der Waals surface area contributed by atoms with Gasteiger partial charge in [0.1, 0.15) is 4.90 Å². The first-order valence-corrected chi connectivity index (χ1v) is 12.0. The number of rotatable bonds is 6. The molecule has 0 saturated carbocycles. The molecule has 0 bridgehead atoms. The molecule has 8 nitrogen and oxygen atoms in total. The van der Waals surface area contributed by atoms with E-state index in [0.717, 1.165) is 9.54 Å². The molecule has 10 heteroatoms. The predicted octanol–water partition coefficient (Wildman–Crippen LogP) is 3.36. The van der Waals surface area contributed by atoms with E-state index in [1.54, 1.807) is 42.5 Å². The van der Waals surface area contributed by atoms with Crippen molar-refractivity contribution in [2.24, 2.45) is 0 Å². The molecule has 0 N–H and O–H groups in total.